The number of phenols is 1. The van der Waals surface area contributed by atoms with Gasteiger partial charge in [-0.05, 0) is 60.6 Å². The first-order valence-corrected chi connectivity index (χ1v) is 19.6. The Morgan fingerprint density at radius 1 is 0.839 bits per heavy atom. The standard InChI is InChI=1S/C40H43F2N9O5/c41-40(42)9-10-49(23-5-6-25-27(13-23)39(56)51(38(25)55)32-7-8-35(53)44-37(32)54)17-22(40)16-48-20-29-28(30(29)21-48)19-47-11-12-50-24(18-47)15-43-36-33(50)14-31(45-46-36)26-3-1-2-4-34(26)52/h1-6,13-14,22,24,28-30,32,52H,7-12,15-21H2,(H,43,46)(H,44,53,54)/t22?,24-,28?,29-,30+,32?/m0/s1. The Bertz CT molecular complexity index is 2140. The van der Waals surface area contributed by atoms with Crippen LogP contribution in [0.2, 0.25) is 0 Å². The summed E-state index contributed by atoms with van der Waals surface area (Å²) in [5.41, 5.74) is 3.21. The van der Waals surface area contributed by atoms with Crippen molar-refractivity contribution in [1.29, 1.82) is 0 Å². The summed E-state index contributed by atoms with van der Waals surface area (Å²) in [6.45, 7) is 6.66. The fraction of sp³-hybridized carbons (Fsp3) is 0.500. The molecule has 16 heteroatoms. The van der Waals surface area contributed by atoms with Crippen molar-refractivity contribution in [1.82, 2.24) is 30.2 Å². The lowest BCUT2D eigenvalue weighted by atomic mass is 9.92. The van der Waals surface area contributed by atoms with Gasteiger partial charge in [-0.15, -0.1) is 10.2 Å². The van der Waals surface area contributed by atoms with Crippen molar-refractivity contribution in [3.8, 4) is 17.0 Å². The largest absolute Gasteiger partial charge is 0.507 e. The maximum Gasteiger partial charge on any atom is 0.262 e. The van der Waals surface area contributed by atoms with Gasteiger partial charge in [0.25, 0.3) is 17.7 Å². The Balaban J connectivity index is 0.740. The number of nitrogens with one attached hydrogen (secondary N) is 2. The molecule has 3 unspecified atom stereocenters. The van der Waals surface area contributed by atoms with Gasteiger partial charge in [0, 0.05) is 89.5 Å². The molecular formula is C40H43F2N9O5. The molecule has 56 heavy (non-hydrogen) atoms. The topological polar surface area (TPSA) is 155 Å². The number of fused-ring (bicyclic) bond motifs is 5. The minimum atomic E-state index is -2.83. The summed E-state index contributed by atoms with van der Waals surface area (Å²) in [5.74, 6) is -3.51. The third-order valence-electron chi connectivity index (χ3n) is 13.3. The molecule has 1 aromatic heterocycles. The molecule has 14 nitrogen and oxygen atoms in total. The predicted octanol–water partition coefficient (Wildman–Crippen LogP) is 2.51. The summed E-state index contributed by atoms with van der Waals surface area (Å²) >= 11 is 0. The molecule has 4 amide bonds. The number of halogens is 2. The minimum Gasteiger partial charge on any atom is -0.507 e. The lowest BCUT2D eigenvalue weighted by Crippen LogP contribution is -2.58. The number of amides is 4. The van der Waals surface area contributed by atoms with Gasteiger partial charge in [0.1, 0.15) is 11.8 Å². The monoisotopic (exact) mass is 767 g/mol. The number of alkyl halides is 2. The number of benzene rings is 2. The van der Waals surface area contributed by atoms with Crippen molar-refractivity contribution < 1.29 is 33.1 Å². The first-order chi connectivity index (χ1) is 27.0. The Morgan fingerprint density at radius 2 is 1.64 bits per heavy atom. The SMILES string of the molecule is O=C1CCC(N2C(=O)c3ccc(N4CCC(F)(F)C(CN5C[C@@H]6C(CN7CCN8c9cc(-c%10ccccc%10O)nnc9NC[C@H]8C7)[C@@H]6C5)C4)cc3C2=O)C(=O)N1. The number of carbonyl (C=O) groups is 4. The number of phenolic OH excluding ortho intramolecular Hbond substituents is 1. The van der Waals surface area contributed by atoms with Gasteiger partial charge >= 0.3 is 0 Å². The number of piperidine rings is 3. The number of carbonyl (C=O) groups excluding carboxylic acids is 4. The van der Waals surface area contributed by atoms with Gasteiger partial charge in [-0.2, -0.15) is 0 Å². The quantitative estimate of drug-likeness (QED) is 0.303. The number of nitrogens with zero attached hydrogens (tertiary/aromatic N) is 7. The average molecular weight is 768 g/mol. The molecular weight excluding hydrogens is 724 g/mol. The first kappa shape index (κ1) is 35.2. The molecule has 1 saturated carbocycles. The smallest absolute Gasteiger partial charge is 0.262 e. The van der Waals surface area contributed by atoms with Crippen LogP contribution in [-0.4, -0.2) is 137 Å². The van der Waals surface area contributed by atoms with Crippen molar-refractivity contribution in [2.45, 2.75) is 37.3 Å². The van der Waals surface area contributed by atoms with Crippen molar-refractivity contribution in [3.05, 3.63) is 59.7 Å². The van der Waals surface area contributed by atoms with Crippen molar-refractivity contribution in [2.75, 3.05) is 80.6 Å². The molecule has 6 atom stereocenters. The number of rotatable bonds is 7. The van der Waals surface area contributed by atoms with E-state index in [1.807, 2.05) is 23.1 Å². The van der Waals surface area contributed by atoms with Crippen LogP contribution in [-0.2, 0) is 9.59 Å². The molecule has 0 bridgehead atoms. The normalized spacial score (nSPS) is 29.7. The van der Waals surface area contributed by atoms with Gasteiger partial charge in [-0.1, -0.05) is 12.1 Å². The number of aromatic hydroxyl groups is 1. The fourth-order valence-corrected chi connectivity index (χ4v) is 10.2. The molecule has 6 aliphatic heterocycles. The minimum absolute atomic E-state index is 0.0325. The second kappa shape index (κ2) is 13.2. The van der Waals surface area contributed by atoms with Crippen LogP contribution in [0.15, 0.2) is 48.5 Å². The summed E-state index contributed by atoms with van der Waals surface area (Å²) in [4.78, 5) is 60.7. The van der Waals surface area contributed by atoms with Gasteiger partial charge in [-0.3, -0.25) is 34.3 Å². The van der Waals surface area contributed by atoms with E-state index in [0.717, 1.165) is 62.2 Å². The molecule has 7 aliphatic rings. The molecule has 292 valence electrons. The molecule has 4 saturated heterocycles. The van der Waals surface area contributed by atoms with E-state index < -0.39 is 41.5 Å². The lowest BCUT2D eigenvalue weighted by Gasteiger charge is -2.46. The van der Waals surface area contributed by atoms with Crippen LogP contribution in [0.25, 0.3) is 11.3 Å². The van der Waals surface area contributed by atoms with Crippen LogP contribution in [0, 0.1) is 23.7 Å². The first-order valence-electron chi connectivity index (χ1n) is 19.6. The number of aromatic nitrogens is 2. The molecule has 0 radical (unpaired) electrons. The highest BCUT2D eigenvalue weighted by Gasteiger charge is 2.57. The van der Waals surface area contributed by atoms with Gasteiger partial charge in [0.2, 0.25) is 11.8 Å². The maximum atomic E-state index is 15.5. The number of anilines is 3. The molecule has 3 aromatic rings. The highest BCUT2D eigenvalue weighted by Crippen LogP contribution is 2.53. The van der Waals surface area contributed by atoms with Crippen LogP contribution in [0.4, 0.5) is 26.0 Å². The maximum absolute atomic E-state index is 15.5. The number of para-hydroxylation sites is 1. The van der Waals surface area contributed by atoms with Gasteiger partial charge in [-0.25, -0.2) is 8.78 Å². The van der Waals surface area contributed by atoms with Crippen molar-refractivity contribution in [2.24, 2.45) is 23.7 Å². The third kappa shape index (κ3) is 5.95. The number of likely N-dealkylation sites (tertiary alicyclic amines) is 1. The molecule has 2 aromatic carbocycles. The van der Waals surface area contributed by atoms with Crippen LogP contribution in [0.3, 0.4) is 0 Å². The summed E-state index contributed by atoms with van der Waals surface area (Å²) < 4.78 is 30.9. The van der Waals surface area contributed by atoms with E-state index in [2.05, 4.69) is 35.5 Å². The van der Waals surface area contributed by atoms with Crippen molar-refractivity contribution >= 4 is 40.8 Å². The van der Waals surface area contributed by atoms with Gasteiger partial charge < -0.3 is 25.1 Å². The van der Waals surface area contributed by atoms with Gasteiger partial charge in [0.15, 0.2) is 5.82 Å². The number of piperazine rings is 1. The zero-order chi connectivity index (χ0) is 38.5. The van der Waals surface area contributed by atoms with Crippen molar-refractivity contribution in [3.63, 3.8) is 0 Å². The van der Waals surface area contributed by atoms with E-state index in [-0.39, 0.29) is 55.3 Å². The zero-order valence-electron chi connectivity index (χ0n) is 30.7. The highest BCUT2D eigenvalue weighted by molar-refractivity contribution is 6.23. The summed E-state index contributed by atoms with van der Waals surface area (Å²) in [6, 6.07) is 13.2. The fourth-order valence-electron chi connectivity index (χ4n) is 10.2. The van der Waals surface area contributed by atoms with E-state index in [1.165, 1.54) is 0 Å². The Kier molecular flexibility index (Phi) is 8.29. The Morgan fingerprint density at radius 3 is 2.45 bits per heavy atom. The van der Waals surface area contributed by atoms with E-state index in [4.69, 9.17) is 0 Å². The van der Waals surface area contributed by atoms with E-state index in [9.17, 15) is 24.3 Å². The van der Waals surface area contributed by atoms with E-state index >= 15 is 8.78 Å². The average Bonchev–Trinajstić information content (AvgIpc) is 3.49. The number of imide groups is 2. The van der Waals surface area contributed by atoms with Crippen LogP contribution < -0.4 is 20.4 Å². The number of hydrogen-bond acceptors (Lipinski definition) is 12. The highest BCUT2D eigenvalue weighted by atomic mass is 19.3. The number of hydrogen-bond donors (Lipinski definition) is 3. The lowest BCUT2D eigenvalue weighted by molar-refractivity contribution is -0.136. The third-order valence-corrected chi connectivity index (χ3v) is 13.3. The summed E-state index contributed by atoms with van der Waals surface area (Å²) in [7, 11) is 0. The molecule has 0 spiro atoms. The molecule has 3 N–H and O–H groups in total. The van der Waals surface area contributed by atoms with Crippen LogP contribution in [0.5, 0.6) is 5.75 Å². The van der Waals surface area contributed by atoms with Gasteiger partial charge in [0.05, 0.1) is 34.5 Å². The molecule has 1 aliphatic carbocycles. The zero-order valence-corrected chi connectivity index (χ0v) is 30.7. The summed E-state index contributed by atoms with van der Waals surface area (Å²) in [5, 5.41) is 24.8. The second-order valence-corrected chi connectivity index (χ2v) is 16.5. The second-order valence-electron chi connectivity index (χ2n) is 16.5. The van der Waals surface area contributed by atoms with E-state index in [0.29, 0.717) is 41.2 Å². The van der Waals surface area contributed by atoms with E-state index in [1.54, 1.807) is 30.3 Å². The Hall–Kier alpha value is -5.22. The van der Waals surface area contributed by atoms with Crippen LogP contribution >= 0.6 is 0 Å². The van der Waals surface area contributed by atoms with Crippen LogP contribution in [0.1, 0.15) is 40.0 Å². The Labute approximate surface area is 321 Å². The molecule has 10 rings (SSSR count). The molecule has 5 fully saturated rings. The molecule has 7 heterocycles. The summed E-state index contributed by atoms with van der Waals surface area (Å²) in [6.07, 6.45) is -0.205. The predicted molar refractivity (Wildman–Crippen MR) is 200 cm³/mol.